The number of benzene rings is 1. The average molecular weight is 434 g/mol. The number of hydrogen-bond donors (Lipinski definition) is 1. The molecule has 0 aliphatic carbocycles. The summed E-state index contributed by atoms with van der Waals surface area (Å²) in [6, 6.07) is 8.45. The van der Waals surface area contributed by atoms with E-state index in [4.69, 9.17) is 4.42 Å². The topological polar surface area (TPSA) is 87.1 Å². The Hall–Kier alpha value is -3.23. The second kappa shape index (κ2) is 8.03. The maximum atomic E-state index is 12.9. The van der Waals surface area contributed by atoms with Crippen LogP contribution >= 0.6 is 0 Å². The second-order valence-electron chi connectivity index (χ2n) is 8.65. The first-order valence-corrected chi connectivity index (χ1v) is 10.9. The quantitative estimate of drug-likeness (QED) is 0.529. The number of aryl methyl sites for hydroxylation is 1. The van der Waals surface area contributed by atoms with Gasteiger partial charge in [-0.1, -0.05) is 6.07 Å². The van der Waals surface area contributed by atoms with Gasteiger partial charge in [-0.2, -0.15) is 0 Å². The molecule has 5 rings (SSSR count). The molecule has 0 radical (unpaired) electrons. The molecule has 0 bridgehead atoms. The van der Waals surface area contributed by atoms with Crippen molar-refractivity contribution in [1.29, 1.82) is 0 Å². The third-order valence-corrected chi connectivity index (χ3v) is 6.29. The van der Waals surface area contributed by atoms with Crippen LogP contribution in [0.1, 0.15) is 19.5 Å². The molecule has 1 aliphatic heterocycles. The van der Waals surface area contributed by atoms with E-state index in [0.29, 0.717) is 41.1 Å². The van der Waals surface area contributed by atoms with Gasteiger partial charge in [0.05, 0.1) is 23.9 Å². The van der Waals surface area contributed by atoms with Gasteiger partial charge in [0.15, 0.2) is 11.4 Å². The number of aliphatic hydroxyl groups is 1. The number of nitrogens with zero attached hydrogens (tertiary/aromatic N) is 5. The first-order chi connectivity index (χ1) is 15.4. The van der Waals surface area contributed by atoms with Crippen LogP contribution in [0.25, 0.3) is 27.9 Å². The maximum absolute atomic E-state index is 12.9. The summed E-state index contributed by atoms with van der Waals surface area (Å²) < 4.78 is 7.54. The van der Waals surface area contributed by atoms with Crippen molar-refractivity contribution in [1.82, 2.24) is 19.3 Å². The molecule has 166 valence electrons. The van der Waals surface area contributed by atoms with Crippen molar-refractivity contribution in [2.24, 2.45) is 0 Å². The Morgan fingerprint density at radius 1 is 1.16 bits per heavy atom. The molecule has 1 N–H and O–H groups in total. The van der Waals surface area contributed by atoms with Gasteiger partial charge in [-0.15, -0.1) is 0 Å². The lowest BCUT2D eigenvalue weighted by molar-refractivity contribution is 0.103. The minimum atomic E-state index is -0.370. The summed E-state index contributed by atoms with van der Waals surface area (Å²) in [4.78, 5) is 26.3. The van der Waals surface area contributed by atoms with Gasteiger partial charge in [0.2, 0.25) is 0 Å². The predicted molar refractivity (Wildman–Crippen MR) is 124 cm³/mol. The molecule has 0 spiro atoms. The molecule has 1 aromatic carbocycles. The molecule has 0 saturated carbocycles. The van der Waals surface area contributed by atoms with Crippen LogP contribution in [0.15, 0.2) is 52.1 Å². The van der Waals surface area contributed by atoms with Crippen molar-refractivity contribution in [2.45, 2.75) is 32.9 Å². The average Bonchev–Trinajstić information content (AvgIpc) is 3.19. The lowest BCUT2D eigenvalue weighted by Gasteiger charge is -2.45. The first kappa shape index (κ1) is 20.7. The third-order valence-electron chi connectivity index (χ3n) is 6.29. The van der Waals surface area contributed by atoms with Crippen LogP contribution in [0.2, 0.25) is 0 Å². The van der Waals surface area contributed by atoms with Crippen LogP contribution < -0.4 is 10.5 Å². The number of piperazine rings is 1. The molecular weight excluding hydrogens is 406 g/mol. The summed E-state index contributed by atoms with van der Waals surface area (Å²) in [6.07, 6.45) is 5.43. The van der Waals surface area contributed by atoms with Crippen LogP contribution in [0, 0.1) is 6.92 Å². The molecule has 3 aromatic heterocycles. The van der Waals surface area contributed by atoms with Crippen molar-refractivity contribution in [2.75, 3.05) is 31.1 Å². The van der Waals surface area contributed by atoms with Gasteiger partial charge in [-0.3, -0.25) is 9.88 Å². The number of β-amino-alcohol motifs (C(OH)–C–C–N with tert-alkyl or cyclic N) is 1. The summed E-state index contributed by atoms with van der Waals surface area (Å²) in [6.45, 7) is 8.79. The number of anilines is 1. The van der Waals surface area contributed by atoms with Gasteiger partial charge in [-0.05, 0) is 44.4 Å². The third kappa shape index (κ3) is 3.65. The highest BCUT2D eigenvalue weighted by Gasteiger charge is 2.29. The Morgan fingerprint density at radius 2 is 1.94 bits per heavy atom. The van der Waals surface area contributed by atoms with E-state index in [-0.39, 0.29) is 12.2 Å². The zero-order valence-corrected chi connectivity index (χ0v) is 18.5. The van der Waals surface area contributed by atoms with Crippen LogP contribution in [0.4, 0.5) is 5.69 Å². The lowest BCUT2D eigenvalue weighted by Crippen LogP contribution is -2.57. The number of imidazole rings is 1. The molecule has 8 nitrogen and oxygen atoms in total. The van der Waals surface area contributed by atoms with Gasteiger partial charge in [0.1, 0.15) is 5.69 Å². The fourth-order valence-corrected chi connectivity index (χ4v) is 4.74. The molecule has 1 saturated heterocycles. The smallest absolute Gasteiger partial charge is 0.344 e. The molecule has 8 heteroatoms. The standard InChI is InChI=1S/C24H27N5O3/c1-15-11-28-14-21(26-23(28)10-25-15)22-8-18-4-5-19(9-20(18)24(31)32-22)27-12-16(2)29(6-7-30)17(3)13-27/h4-5,8-11,14,16-17,30H,6-7,12-13H2,1-3H3. The Labute approximate surface area is 185 Å². The molecule has 2 atom stereocenters. The van der Waals surface area contributed by atoms with E-state index in [1.54, 1.807) is 6.20 Å². The fourth-order valence-electron chi connectivity index (χ4n) is 4.74. The SMILES string of the molecule is Cc1cn2cc(-c3cc4ccc(N5CC(C)N(CCO)C(C)C5)cc4c(=O)o3)nc2cn1. The number of aliphatic hydroxyl groups excluding tert-OH is 1. The second-order valence-corrected chi connectivity index (χ2v) is 8.65. The van der Waals surface area contributed by atoms with Gasteiger partial charge in [-0.25, -0.2) is 9.78 Å². The van der Waals surface area contributed by atoms with Gasteiger partial charge >= 0.3 is 5.63 Å². The highest BCUT2D eigenvalue weighted by atomic mass is 16.4. The lowest BCUT2D eigenvalue weighted by atomic mass is 10.1. The molecule has 32 heavy (non-hydrogen) atoms. The number of aromatic nitrogens is 3. The van der Waals surface area contributed by atoms with Crippen LogP contribution in [0.5, 0.6) is 0 Å². The Balaban J connectivity index is 1.48. The Morgan fingerprint density at radius 3 is 2.69 bits per heavy atom. The molecule has 4 heterocycles. The Kier molecular flexibility index (Phi) is 5.19. The van der Waals surface area contributed by atoms with Crippen molar-refractivity contribution in [3.8, 4) is 11.5 Å². The summed E-state index contributed by atoms with van der Waals surface area (Å²) in [5, 5.41) is 10.7. The van der Waals surface area contributed by atoms with E-state index < -0.39 is 0 Å². The molecule has 1 fully saturated rings. The van der Waals surface area contributed by atoms with Crippen molar-refractivity contribution < 1.29 is 9.52 Å². The summed E-state index contributed by atoms with van der Waals surface area (Å²) in [5.74, 6) is 0.441. The minimum absolute atomic E-state index is 0.163. The normalized spacial score (nSPS) is 19.8. The van der Waals surface area contributed by atoms with Gasteiger partial charge in [0, 0.05) is 49.8 Å². The zero-order chi connectivity index (χ0) is 22.4. The van der Waals surface area contributed by atoms with Crippen LogP contribution in [-0.4, -0.2) is 62.7 Å². The first-order valence-electron chi connectivity index (χ1n) is 10.9. The van der Waals surface area contributed by atoms with E-state index in [1.165, 1.54) is 0 Å². The molecular formula is C24H27N5O3. The van der Waals surface area contributed by atoms with Crippen molar-refractivity contribution >= 4 is 22.1 Å². The zero-order valence-electron chi connectivity index (χ0n) is 18.5. The molecule has 1 aliphatic rings. The number of rotatable bonds is 4. The predicted octanol–water partition coefficient (Wildman–Crippen LogP) is 2.70. The number of hydrogen-bond acceptors (Lipinski definition) is 7. The van der Waals surface area contributed by atoms with Gasteiger partial charge in [0.25, 0.3) is 0 Å². The highest BCUT2D eigenvalue weighted by molar-refractivity contribution is 5.87. The van der Waals surface area contributed by atoms with Crippen molar-refractivity contribution in [3.05, 3.63) is 59.0 Å². The fraction of sp³-hybridized carbons (Fsp3) is 0.375. The van der Waals surface area contributed by atoms with Crippen LogP contribution in [-0.2, 0) is 0 Å². The monoisotopic (exact) mass is 433 g/mol. The molecule has 4 aromatic rings. The van der Waals surface area contributed by atoms with Gasteiger partial charge < -0.3 is 18.8 Å². The van der Waals surface area contributed by atoms with E-state index in [9.17, 15) is 9.90 Å². The van der Waals surface area contributed by atoms with E-state index in [1.807, 2.05) is 41.9 Å². The summed E-state index contributed by atoms with van der Waals surface area (Å²) in [7, 11) is 0. The molecule has 0 amide bonds. The van der Waals surface area contributed by atoms with Crippen molar-refractivity contribution in [3.63, 3.8) is 0 Å². The number of fused-ring (bicyclic) bond motifs is 2. The minimum Gasteiger partial charge on any atom is -0.421 e. The Bertz CT molecular complexity index is 1330. The van der Waals surface area contributed by atoms with E-state index in [2.05, 4.69) is 39.7 Å². The van der Waals surface area contributed by atoms with Crippen LogP contribution in [0.3, 0.4) is 0 Å². The summed E-state index contributed by atoms with van der Waals surface area (Å²) >= 11 is 0. The maximum Gasteiger partial charge on any atom is 0.344 e. The largest absolute Gasteiger partial charge is 0.421 e. The molecule has 2 unspecified atom stereocenters. The summed E-state index contributed by atoms with van der Waals surface area (Å²) in [5.41, 5.74) is 2.82. The van der Waals surface area contributed by atoms with E-state index in [0.717, 1.165) is 29.9 Å². The van der Waals surface area contributed by atoms with E-state index >= 15 is 0 Å². The highest BCUT2D eigenvalue weighted by Crippen LogP contribution is 2.27.